The molecule has 0 aliphatic heterocycles. The first-order chi connectivity index (χ1) is 9.51. The molecule has 0 amide bonds. The molecule has 0 radical (unpaired) electrons. The van der Waals surface area contributed by atoms with Gasteiger partial charge in [-0.1, -0.05) is 22.0 Å². The molecule has 0 aliphatic rings. The van der Waals surface area contributed by atoms with Gasteiger partial charge < -0.3 is 15.0 Å². The number of halogens is 1. The fourth-order valence-corrected chi connectivity index (χ4v) is 2.91. The van der Waals surface area contributed by atoms with E-state index in [0.717, 1.165) is 21.1 Å². The van der Waals surface area contributed by atoms with Crippen molar-refractivity contribution in [3.63, 3.8) is 0 Å². The third kappa shape index (κ3) is 2.47. The molecule has 0 fully saturated rings. The molecule has 0 saturated heterocycles. The second-order valence-corrected chi connectivity index (χ2v) is 5.79. The van der Waals surface area contributed by atoms with Crippen molar-refractivity contribution in [2.45, 2.75) is 33.4 Å². The van der Waals surface area contributed by atoms with Crippen molar-refractivity contribution >= 4 is 32.8 Å². The summed E-state index contributed by atoms with van der Waals surface area (Å²) in [5, 5.41) is 0.890. The quantitative estimate of drug-likeness (QED) is 0.866. The molecule has 1 heterocycles. The summed E-state index contributed by atoms with van der Waals surface area (Å²) in [6, 6.07) is 6.09. The van der Waals surface area contributed by atoms with Crippen molar-refractivity contribution in [1.82, 2.24) is 4.57 Å². The highest BCUT2D eigenvalue weighted by Crippen LogP contribution is 2.32. The number of carbonyl (C=O) groups excluding carboxylic acids is 1. The van der Waals surface area contributed by atoms with Crippen LogP contribution in [-0.2, 0) is 11.3 Å². The molecular formula is C15H19BrN2O2. The predicted molar refractivity (Wildman–Crippen MR) is 83.9 cm³/mol. The lowest BCUT2D eigenvalue weighted by molar-refractivity contribution is 0.0527. The molecule has 20 heavy (non-hydrogen) atoms. The van der Waals surface area contributed by atoms with Crippen LogP contribution in [0.5, 0.6) is 0 Å². The van der Waals surface area contributed by atoms with Gasteiger partial charge in [0, 0.05) is 28.1 Å². The van der Waals surface area contributed by atoms with Crippen molar-refractivity contribution in [2.75, 3.05) is 6.61 Å². The Labute approximate surface area is 127 Å². The lowest BCUT2D eigenvalue weighted by Gasteiger charge is -2.14. The van der Waals surface area contributed by atoms with Gasteiger partial charge in [0.2, 0.25) is 0 Å². The third-order valence-corrected chi connectivity index (χ3v) is 3.75. The molecular weight excluding hydrogens is 320 g/mol. The molecule has 0 atom stereocenters. The summed E-state index contributed by atoms with van der Waals surface area (Å²) >= 11 is 3.48. The van der Waals surface area contributed by atoms with E-state index in [4.69, 9.17) is 10.5 Å². The van der Waals surface area contributed by atoms with Crippen molar-refractivity contribution in [2.24, 2.45) is 5.73 Å². The highest BCUT2D eigenvalue weighted by Gasteiger charge is 2.23. The molecule has 2 rings (SSSR count). The van der Waals surface area contributed by atoms with Crippen LogP contribution < -0.4 is 5.73 Å². The molecule has 0 aliphatic carbocycles. The molecule has 0 unspecified atom stereocenters. The normalized spacial score (nSPS) is 11.3. The highest BCUT2D eigenvalue weighted by molar-refractivity contribution is 9.10. The van der Waals surface area contributed by atoms with Crippen molar-refractivity contribution < 1.29 is 9.53 Å². The Morgan fingerprint density at radius 3 is 2.70 bits per heavy atom. The van der Waals surface area contributed by atoms with E-state index in [9.17, 15) is 4.79 Å². The Hall–Kier alpha value is -1.33. The van der Waals surface area contributed by atoms with Gasteiger partial charge in [0.1, 0.15) is 0 Å². The second kappa shape index (κ2) is 5.97. The average molecular weight is 339 g/mol. The van der Waals surface area contributed by atoms with Crippen LogP contribution in [0.1, 0.15) is 42.9 Å². The van der Waals surface area contributed by atoms with Crippen LogP contribution in [0.25, 0.3) is 10.9 Å². The molecule has 4 nitrogen and oxygen atoms in total. The van der Waals surface area contributed by atoms with E-state index in [2.05, 4.69) is 34.3 Å². The van der Waals surface area contributed by atoms with Crippen LogP contribution in [0.3, 0.4) is 0 Å². The standard InChI is InChI=1S/C15H19BrN2O2/c1-4-20-15(19)14-11-6-5-10(16)7-12(11)18(9(2)3)13(14)8-17/h5-7,9H,4,8,17H2,1-3H3. The maximum Gasteiger partial charge on any atom is 0.340 e. The van der Waals surface area contributed by atoms with Crippen molar-refractivity contribution in [1.29, 1.82) is 0 Å². The van der Waals surface area contributed by atoms with Gasteiger partial charge in [-0.25, -0.2) is 4.79 Å². The van der Waals surface area contributed by atoms with E-state index in [1.165, 1.54) is 0 Å². The molecule has 0 saturated carbocycles. The van der Waals surface area contributed by atoms with Crippen LogP contribution in [0.4, 0.5) is 0 Å². The van der Waals surface area contributed by atoms with Crippen molar-refractivity contribution in [3.05, 3.63) is 33.9 Å². The summed E-state index contributed by atoms with van der Waals surface area (Å²) < 4.78 is 8.26. The van der Waals surface area contributed by atoms with E-state index in [1.807, 2.05) is 18.2 Å². The minimum Gasteiger partial charge on any atom is -0.462 e. The Morgan fingerprint density at radius 2 is 2.15 bits per heavy atom. The van der Waals surface area contributed by atoms with Gasteiger partial charge in [0.15, 0.2) is 0 Å². The largest absolute Gasteiger partial charge is 0.462 e. The molecule has 2 N–H and O–H groups in total. The summed E-state index contributed by atoms with van der Waals surface area (Å²) in [6.45, 7) is 6.62. The van der Waals surface area contributed by atoms with Gasteiger partial charge in [-0.2, -0.15) is 0 Å². The number of benzene rings is 1. The summed E-state index contributed by atoms with van der Waals surface area (Å²) in [5.74, 6) is -0.306. The van der Waals surface area contributed by atoms with E-state index in [0.29, 0.717) is 18.7 Å². The Kier molecular flexibility index (Phi) is 4.50. The van der Waals surface area contributed by atoms with E-state index in [-0.39, 0.29) is 12.0 Å². The number of nitrogens with zero attached hydrogens (tertiary/aromatic N) is 1. The Morgan fingerprint density at radius 1 is 1.45 bits per heavy atom. The molecule has 0 spiro atoms. The Balaban J connectivity index is 2.81. The fourth-order valence-electron chi connectivity index (χ4n) is 2.56. The molecule has 0 bridgehead atoms. The van der Waals surface area contributed by atoms with Gasteiger partial charge >= 0.3 is 5.97 Å². The average Bonchev–Trinajstić information content (AvgIpc) is 2.72. The molecule has 108 valence electrons. The molecule has 5 heteroatoms. The van der Waals surface area contributed by atoms with Crippen molar-refractivity contribution in [3.8, 4) is 0 Å². The summed E-state index contributed by atoms with van der Waals surface area (Å²) in [5.41, 5.74) is 8.30. The minimum atomic E-state index is -0.306. The number of aromatic nitrogens is 1. The number of nitrogens with two attached hydrogens (primary N) is 1. The number of ether oxygens (including phenoxy) is 1. The maximum atomic E-state index is 12.3. The number of fused-ring (bicyclic) bond motifs is 1. The van der Waals surface area contributed by atoms with E-state index >= 15 is 0 Å². The number of hydrogen-bond donors (Lipinski definition) is 1. The molecule has 1 aromatic heterocycles. The third-order valence-electron chi connectivity index (χ3n) is 3.26. The first kappa shape index (κ1) is 15.1. The van der Waals surface area contributed by atoms with Gasteiger partial charge in [-0.05, 0) is 32.9 Å². The zero-order valence-electron chi connectivity index (χ0n) is 11.9. The smallest absolute Gasteiger partial charge is 0.340 e. The zero-order valence-corrected chi connectivity index (χ0v) is 13.5. The first-order valence-corrected chi connectivity index (χ1v) is 7.50. The SMILES string of the molecule is CCOC(=O)c1c(CN)n(C(C)C)c2cc(Br)ccc12. The predicted octanol–water partition coefficient (Wildman–Crippen LogP) is 3.62. The molecule has 2 aromatic rings. The van der Waals surface area contributed by atoms with Gasteiger partial charge in [0.25, 0.3) is 0 Å². The summed E-state index contributed by atoms with van der Waals surface area (Å²) in [4.78, 5) is 12.3. The van der Waals surface area contributed by atoms with Gasteiger partial charge in [-0.15, -0.1) is 0 Å². The first-order valence-electron chi connectivity index (χ1n) is 6.70. The van der Waals surface area contributed by atoms with E-state index in [1.54, 1.807) is 6.92 Å². The second-order valence-electron chi connectivity index (χ2n) is 4.87. The highest BCUT2D eigenvalue weighted by atomic mass is 79.9. The van der Waals surface area contributed by atoms with Crippen LogP contribution >= 0.6 is 15.9 Å². The van der Waals surface area contributed by atoms with Gasteiger partial charge in [-0.3, -0.25) is 0 Å². The van der Waals surface area contributed by atoms with E-state index < -0.39 is 0 Å². The van der Waals surface area contributed by atoms with Crippen LogP contribution in [0, 0.1) is 0 Å². The topological polar surface area (TPSA) is 57.2 Å². The zero-order chi connectivity index (χ0) is 14.9. The lowest BCUT2D eigenvalue weighted by Crippen LogP contribution is -2.14. The van der Waals surface area contributed by atoms with Gasteiger partial charge in [0.05, 0.1) is 17.7 Å². The van der Waals surface area contributed by atoms with Crippen LogP contribution in [-0.4, -0.2) is 17.1 Å². The number of hydrogen-bond acceptors (Lipinski definition) is 3. The number of rotatable bonds is 4. The minimum absolute atomic E-state index is 0.216. The molecule has 1 aromatic carbocycles. The number of carbonyl (C=O) groups is 1. The number of esters is 1. The summed E-state index contributed by atoms with van der Waals surface area (Å²) in [6.07, 6.45) is 0. The van der Waals surface area contributed by atoms with Crippen LogP contribution in [0.15, 0.2) is 22.7 Å². The lowest BCUT2D eigenvalue weighted by atomic mass is 10.1. The summed E-state index contributed by atoms with van der Waals surface area (Å²) in [7, 11) is 0. The monoisotopic (exact) mass is 338 g/mol. The fraction of sp³-hybridized carbons (Fsp3) is 0.400. The van der Waals surface area contributed by atoms with Crippen LogP contribution in [0.2, 0.25) is 0 Å². The Bertz CT molecular complexity index is 647. The maximum absolute atomic E-state index is 12.3.